The topological polar surface area (TPSA) is 95.9 Å². The molecule has 2 rings (SSSR count). The summed E-state index contributed by atoms with van der Waals surface area (Å²) in [6.45, 7) is 4.04. The Bertz CT molecular complexity index is 632. The highest BCUT2D eigenvalue weighted by molar-refractivity contribution is 5.89. The maximum Gasteiger partial charge on any atom is 0.408 e. The Morgan fingerprint density at radius 2 is 2.08 bits per heavy atom. The number of alkyl carbamates (subject to hydrolysis) is 1. The molecule has 1 fully saturated rings. The van der Waals surface area contributed by atoms with Crippen LogP contribution >= 0.6 is 0 Å². The Labute approximate surface area is 146 Å². The molecule has 0 aliphatic carbocycles. The summed E-state index contributed by atoms with van der Waals surface area (Å²) < 4.78 is 5.12. The van der Waals surface area contributed by atoms with E-state index in [1.54, 1.807) is 0 Å². The Morgan fingerprint density at radius 3 is 2.72 bits per heavy atom. The van der Waals surface area contributed by atoms with Gasteiger partial charge in [-0.3, -0.25) is 4.79 Å². The lowest BCUT2D eigenvalue weighted by Crippen LogP contribution is -2.51. The van der Waals surface area contributed by atoms with Gasteiger partial charge in [0.1, 0.15) is 18.7 Å². The van der Waals surface area contributed by atoms with E-state index in [1.807, 2.05) is 30.3 Å². The van der Waals surface area contributed by atoms with E-state index in [-0.39, 0.29) is 13.0 Å². The summed E-state index contributed by atoms with van der Waals surface area (Å²) in [5, 5.41) is 11.7. The molecule has 25 heavy (non-hydrogen) atoms. The van der Waals surface area contributed by atoms with Gasteiger partial charge in [-0.15, -0.1) is 6.58 Å². The number of aliphatic carboxylic acids is 1. The van der Waals surface area contributed by atoms with Crippen LogP contribution in [0.1, 0.15) is 24.8 Å². The molecule has 1 heterocycles. The van der Waals surface area contributed by atoms with Crippen LogP contribution in [0.3, 0.4) is 0 Å². The van der Waals surface area contributed by atoms with E-state index >= 15 is 0 Å². The molecule has 2 amide bonds. The fraction of sp³-hybridized carbons (Fsp3) is 0.389. The van der Waals surface area contributed by atoms with Crippen molar-refractivity contribution in [2.75, 3.05) is 6.54 Å². The number of carbonyl (C=O) groups is 3. The zero-order chi connectivity index (χ0) is 18.2. The largest absolute Gasteiger partial charge is 0.480 e. The van der Waals surface area contributed by atoms with Crippen LogP contribution in [0.15, 0.2) is 43.0 Å². The lowest BCUT2D eigenvalue weighted by atomic mass is 10.1. The quantitative estimate of drug-likeness (QED) is 0.736. The van der Waals surface area contributed by atoms with E-state index in [0.717, 1.165) is 5.56 Å². The number of carboxylic acids is 1. The zero-order valence-electron chi connectivity index (χ0n) is 13.9. The molecule has 0 aromatic heterocycles. The van der Waals surface area contributed by atoms with Gasteiger partial charge in [0.05, 0.1) is 0 Å². The Hall–Kier alpha value is -2.83. The van der Waals surface area contributed by atoms with Crippen molar-refractivity contribution in [2.24, 2.45) is 0 Å². The molecular weight excluding hydrogens is 324 g/mol. The van der Waals surface area contributed by atoms with Crippen molar-refractivity contribution in [1.82, 2.24) is 10.2 Å². The number of hydrogen-bond donors (Lipinski definition) is 2. The van der Waals surface area contributed by atoms with Crippen LogP contribution in [0.2, 0.25) is 0 Å². The predicted molar refractivity (Wildman–Crippen MR) is 90.7 cm³/mol. The molecular formula is C18H22N2O5. The van der Waals surface area contributed by atoms with Gasteiger partial charge < -0.3 is 20.1 Å². The molecule has 1 aliphatic heterocycles. The van der Waals surface area contributed by atoms with Gasteiger partial charge in [0.25, 0.3) is 0 Å². The van der Waals surface area contributed by atoms with Crippen molar-refractivity contribution in [2.45, 2.75) is 38.0 Å². The molecule has 0 unspecified atom stereocenters. The summed E-state index contributed by atoms with van der Waals surface area (Å²) in [6, 6.07) is 7.43. The predicted octanol–water partition coefficient (Wildman–Crippen LogP) is 1.93. The lowest BCUT2D eigenvalue weighted by molar-refractivity contribution is -0.148. The fourth-order valence-corrected chi connectivity index (χ4v) is 2.78. The summed E-state index contributed by atoms with van der Waals surface area (Å²) in [5.41, 5.74) is 0.828. The molecule has 1 aromatic carbocycles. The van der Waals surface area contributed by atoms with Crippen molar-refractivity contribution < 1.29 is 24.2 Å². The number of rotatable bonds is 7. The number of benzene rings is 1. The molecule has 1 aromatic rings. The molecule has 0 bridgehead atoms. The van der Waals surface area contributed by atoms with E-state index in [0.29, 0.717) is 19.4 Å². The van der Waals surface area contributed by atoms with Crippen molar-refractivity contribution in [3.63, 3.8) is 0 Å². The first-order valence-electron chi connectivity index (χ1n) is 8.14. The first-order valence-corrected chi connectivity index (χ1v) is 8.14. The molecule has 134 valence electrons. The molecule has 2 atom stereocenters. The maximum absolute atomic E-state index is 12.6. The zero-order valence-corrected chi connectivity index (χ0v) is 13.9. The standard InChI is InChI=1S/C18H22N2O5/c1-2-7-14(16(21)20-11-6-10-15(20)17(22)23)19-18(24)25-12-13-8-4-3-5-9-13/h2-5,8-9,14-15H,1,6-7,10-12H2,(H,19,24)(H,22,23)/t14-,15-/m0/s1. The second-order valence-corrected chi connectivity index (χ2v) is 5.81. The number of hydrogen-bond acceptors (Lipinski definition) is 4. The Balaban J connectivity index is 1.95. The van der Waals surface area contributed by atoms with E-state index in [1.165, 1.54) is 11.0 Å². The number of carbonyl (C=O) groups excluding carboxylic acids is 2. The van der Waals surface area contributed by atoms with E-state index in [4.69, 9.17) is 4.74 Å². The Morgan fingerprint density at radius 1 is 1.36 bits per heavy atom. The van der Waals surface area contributed by atoms with E-state index in [2.05, 4.69) is 11.9 Å². The molecule has 1 aliphatic rings. The minimum Gasteiger partial charge on any atom is -0.480 e. The number of ether oxygens (including phenoxy) is 1. The average molecular weight is 346 g/mol. The van der Waals surface area contributed by atoms with Gasteiger partial charge in [-0.1, -0.05) is 36.4 Å². The normalized spacial score (nSPS) is 17.6. The van der Waals surface area contributed by atoms with Gasteiger partial charge in [-0.2, -0.15) is 0 Å². The van der Waals surface area contributed by atoms with Crippen LogP contribution in [0.4, 0.5) is 4.79 Å². The van der Waals surface area contributed by atoms with Crippen molar-refractivity contribution in [3.8, 4) is 0 Å². The fourth-order valence-electron chi connectivity index (χ4n) is 2.78. The van der Waals surface area contributed by atoms with Gasteiger partial charge in [0.2, 0.25) is 5.91 Å². The highest BCUT2D eigenvalue weighted by atomic mass is 16.5. The van der Waals surface area contributed by atoms with Gasteiger partial charge in [0, 0.05) is 6.54 Å². The number of likely N-dealkylation sites (tertiary alicyclic amines) is 1. The first-order chi connectivity index (χ1) is 12.0. The SMILES string of the molecule is C=CC[C@H](NC(=O)OCc1ccccc1)C(=O)N1CCC[C@H]1C(=O)O. The number of carboxylic acid groups (broad SMARTS) is 1. The van der Waals surface area contributed by atoms with Gasteiger partial charge >= 0.3 is 12.1 Å². The third kappa shape index (κ3) is 5.07. The number of nitrogens with one attached hydrogen (secondary N) is 1. The maximum atomic E-state index is 12.6. The molecule has 0 saturated carbocycles. The smallest absolute Gasteiger partial charge is 0.408 e. The monoisotopic (exact) mass is 346 g/mol. The summed E-state index contributed by atoms with van der Waals surface area (Å²) in [6.07, 6.45) is 2.02. The third-order valence-electron chi connectivity index (χ3n) is 4.03. The molecule has 7 nitrogen and oxygen atoms in total. The number of nitrogens with zero attached hydrogens (tertiary/aromatic N) is 1. The number of amides is 2. The van der Waals surface area contributed by atoms with Crippen LogP contribution in [0.25, 0.3) is 0 Å². The summed E-state index contributed by atoms with van der Waals surface area (Å²) in [7, 11) is 0. The summed E-state index contributed by atoms with van der Waals surface area (Å²) in [4.78, 5) is 37.1. The molecule has 0 radical (unpaired) electrons. The van der Waals surface area contributed by atoms with Crippen LogP contribution in [0, 0.1) is 0 Å². The first kappa shape index (κ1) is 18.5. The minimum absolute atomic E-state index is 0.0864. The lowest BCUT2D eigenvalue weighted by Gasteiger charge is -2.26. The van der Waals surface area contributed by atoms with Crippen LogP contribution in [-0.4, -0.2) is 46.6 Å². The molecule has 1 saturated heterocycles. The highest BCUT2D eigenvalue weighted by Gasteiger charge is 2.37. The van der Waals surface area contributed by atoms with Crippen molar-refractivity contribution in [3.05, 3.63) is 48.6 Å². The highest BCUT2D eigenvalue weighted by Crippen LogP contribution is 2.19. The van der Waals surface area contributed by atoms with Gasteiger partial charge in [-0.05, 0) is 24.8 Å². The van der Waals surface area contributed by atoms with E-state index < -0.39 is 30.1 Å². The van der Waals surface area contributed by atoms with Crippen LogP contribution < -0.4 is 5.32 Å². The molecule has 0 spiro atoms. The Kier molecular flexibility index (Phi) is 6.56. The second kappa shape index (κ2) is 8.86. The van der Waals surface area contributed by atoms with E-state index in [9.17, 15) is 19.5 Å². The van der Waals surface area contributed by atoms with Gasteiger partial charge in [0.15, 0.2) is 0 Å². The average Bonchev–Trinajstić information content (AvgIpc) is 3.10. The van der Waals surface area contributed by atoms with Crippen LogP contribution in [-0.2, 0) is 20.9 Å². The molecule has 2 N–H and O–H groups in total. The second-order valence-electron chi connectivity index (χ2n) is 5.81. The molecule has 7 heteroatoms. The van der Waals surface area contributed by atoms with Crippen molar-refractivity contribution in [1.29, 1.82) is 0 Å². The minimum atomic E-state index is -1.03. The van der Waals surface area contributed by atoms with Gasteiger partial charge in [-0.25, -0.2) is 9.59 Å². The third-order valence-corrected chi connectivity index (χ3v) is 4.03. The van der Waals surface area contributed by atoms with Crippen LogP contribution in [0.5, 0.6) is 0 Å². The summed E-state index contributed by atoms with van der Waals surface area (Å²) in [5.74, 6) is -1.46. The van der Waals surface area contributed by atoms with Crippen molar-refractivity contribution >= 4 is 18.0 Å². The summed E-state index contributed by atoms with van der Waals surface area (Å²) >= 11 is 0.